The van der Waals surface area contributed by atoms with Crippen molar-refractivity contribution in [1.82, 2.24) is 14.5 Å². The van der Waals surface area contributed by atoms with E-state index < -0.39 is 17.9 Å². The molecule has 6 nitrogen and oxygen atoms in total. The predicted molar refractivity (Wildman–Crippen MR) is 133 cm³/mol. The zero-order valence-electron chi connectivity index (χ0n) is 20.7. The minimum Gasteiger partial charge on any atom is -0.367 e. The van der Waals surface area contributed by atoms with Gasteiger partial charge in [0.25, 0.3) is 0 Å². The van der Waals surface area contributed by atoms with Crippen molar-refractivity contribution >= 4 is 10.9 Å². The third-order valence-corrected chi connectivity index (χ3v) is 7.24. The van der Waals surface area contributed by atoms with Gasteiger partial charge in [0.1, 0.15) is 0 Å². The van der Waals surface area contributed by atoms with Gasteiger partial charge in [-0.3, -0.25) is 4.98 Å². The van der Waals surface area contributed by atoms with Gasteiger partial charge in [-0.05, 0) is 57.0 Å². The molecule has 4 rings (SSSR count). The number of pyridine rings is 1. The maximum atomic E-state index is 10.9. The maximum absolute atomic E-state index is 10.9. The second kappa shape index (κ2) is 9.18. The summed E-state index contributed by atoms with van der Waals surface area (Å²) in [6.45, 7) is 10.0. The maximum Gasteiger partial charge on any atom is 0.171 e. The summed E-state index contributed by atoms with van der Waals surface area (Å²) in [6.07, 6.45) is 3.25. The monoisotopic (exact) mass is 450 g/mol. The van der Waals surface area contributed by atoms with E-state index in [4.69, 9.17) is 10.5 Å². The Morgan fingerprint density at radius 3 is 2.70 bits per heavy atom. The smallest absolute Gasteiger partial charge is 0.171 e. The number of aliphatic hydroxyl groups excluding tert-OH is 1. The average molecular weight is 451 g/mol. The largest absolute Gasteiger partial charge is 0.367 e. The number of benzene rings is 1. The van der Waals surface area contributed by atoms with Gasteiger partial charge in [-0.15, -0.1) is 0 Å². The molecule has 6 heteroatoms. The molecule has 3 heterocycles. The number of nitrogens with zero attached hydrogens (tertiary/aromatic N) is 3. The highest BCUT2D eigenvalue weighted by Gasteiger charge is 2.39. The summed E-state index contributed by atoms with van der Waals surface area (Å²) < 4.78 is 8.74. The van der Waals surface area contributed by atoms with Gasteiger partial charge in [0.05, 0.1) is 11.6 Å². The van der Waals surface area contributed by atoms with Crippen molar-refractivity contribution in [3.63, 3.8) is 0 Å². The van der Waals surface area contributed by atoms with Crippen molar-refractivity contribution in [2.75, 3.05) is 13.6 Å². The van der Waals surface area contributed by atoms with Gasteiger partial charge >= 0.3 is 0 Å². The summed E-state index contributed by atoms with van der Waals surface area (Å²) in [5.41, 5.74) is 11.8. The molecule has 1 aliphatic heterocycles. The van der Waals surface area contributed by atoms with Crippen molar-refractivity contribution in [3.8, 4) is 0 Å². The van der Waals surface area contributed by atoms with Crippen LogP contribution in [0.4, 0.5) is 0 Å². The van der Waals surface area contributed by atoms with Crippen LogP contribution >= 0.6 is 0 Å². The number of fused-ring (bicyclic) bond motifs is 3. The van der Waals surface area contributed by atoms with E-state index >= 15 is 0 Å². The first-order valence-electron chi connectivity index (χ1n) is 11.9. The van der Waals surface area contributed by atoms with Gasteiger partial charge < -0.3 is 25.0 Å². The second-order valence-electron chi connectivity index (χ2n) is 10.3. The van der Waals surface area contributed by atoms with Gasteiger partial charge in [-0.2, -0.15) is 0 Å². The van der Waals surface area contributed by atoms with E-state index in [1.165, 1.54) is 27.7 Å². The van der Waals surface area contributed by atoms with Crippen LogP contribution in [0, 0.1) is 12.8 Å². The van der Waals surface area contributed by atoms with Crippen molar-refractivity contribution in [3.05, 3.63) is 65.1 Å². The molecule has 0 fully saturated rings. The number of aliphatic hydroxyl groups is 1. The van der Waals surface area contributed by atoms with Crippen LogP contribution in [0.25, 0.3) is 10.9 Å². The number of hydrogen-bond donors (Lipinski definition) is 2. The Balaban J connectivity index is 1.76. The number of ether oxygens (including phenoxy) is 1. The Labute approximate surface area is 197 Å². The fourth-order valence-electron chi connectivity index (χ4n) is 5.35. The molecule has 0 amide bonds. The lowest BCUT2D eigenvalue weighted by atomic mass is 9.82. The highest BCUT2D eigenvalue weighted by molar-refractivity contribution is 5.86. The number of aromatic nitrogens is 2. The van der Waals surface area contributed by atoms with E-state index in [1.807, 2.05) is 32.2 Å². The molecule has 33 heavy (non-hydrogen) atoms. The van der Waals surface area contributed by atoms with E-state index in [2.05, 4.69) is 60.6 Å². The van der Waals surface area contributed by atoms with Gasteiger partial charge in [0.15, 0.2) is 6.29 Å². The van der Waals surface area contributed by atoms with E-state index in [0.717, 1.165) is 18.7 Å². The van der Waals surface area contributed by atoms with E-state index in [1.54, 1.807) is 6.20 Å². The van der Waals surface area contributed by atoms with Crippen LogP contribution in [-0.4, -0.2) is 45.5 Å². The van der Waals surface area contributed by atoms with Crippen molar-refractivity contribution < 1.29 is 9.84 Å². The fourth-order valence-corrected chi connectivity index (χ4v) is 5.35. The third-order valence-electron chi connectivity index (χ3n) is 7.24. The van der Waals surface area contributed by atoms with Crippen LogP contribution in [0.3, 0.4) is 0 Å². The molecule has 0 saturated carbocycles. The number of likely N-dealkylation sites (N-methyl/N-ethyl adjacent to an activating group) is 1. The Morgan fingerprint density at radius 1 is 1.27 bits per heavy atom. The zero-order valence-corrected chi connectivity index (χ0v) is 20.7. The van der Waals surface area contributed by atoms with E-state index in [0.29, 0.717) is 6.42 Å². The second-order valence-corrected chi connectivity index (χ2v) is 10.3. The molecule has 3 aromatic rings. The molecule has 178 valence electrons. The van der Waals surface area contributed by atoms with Gasteiger partial charge in [0, 0.05) is 60.6 Å². The molecule has 0 bridgehead atoms. The molecular weight excluding hydrogens is 412 g/mol. The fraction of sp³-hybridized carbons (Fsp3) is 0.519. The molecular formula is C27H38N4O2. The van der Waals surface area contributed by atoms with E-state index in [9.17, 15) is 5.11 Å². The Bertz CT molecular complexity index is 1110. The summed E-state index contributed by atoms with van der Waals surface area (Å²) in [5.74, 6) is 0.330. The van der Waals surface area contributed by atoms with Gasteiger partial charge in [-0.25, -0.2) is 0 Å². The molecule has 0 saturated heterocycles. The SMILES string of the molecule is Cc1ccc2c(c1)c1c(n2C)C(CC(C)(OC(O)C(N)C(C)C)c2cccnc2)CN(C)C1. The Morgan fingerprint density at radius 2 is 2.03 bits per heavy atom. The first kappa shape index (κ1) is 23.9. The zero-order chi connectivity index (χ0) is 23.9. The molecule has 0 radical (unpaired) electrons. The summed E-state index contributed by atoms with van der Waals surface area (Å²) in [7, 11) is 4.34. The number of nitrogens with two attached hydrogens (primary N) is 1. The average Bonchev–Trinajstić information content (AvgIpc) is 3.04. The lowest BCUT2D eigenvalue weighted by molar-refractivity contribution is -0.202. The Kier molecular flexibility index (Phi) is 6.65. The molecule has 3 N–H and O–H groups in total. The first-order valence-corrected chi connectivity index (χ1v) is 11.9. The van der Waals surface area contributed by atoms with Crippen LogP contribution in [0.15, 0.2) is 42.7 Å². The molecule has 1 aromatic carbocycles. The van der Waals surface area contributed by atoms with Crippen molar-refractivity contribution in [2.45, 2.75) is 64.5 Å². The van der Waals surface area contributed by atoms with Gasteiger partial charge in [0.2, 0.25) is 0 Å². The standard InChI is InChI=1S/C27H38N4O2/c1-17(2)24(28)26(32)33-27(4,20-8-7-11-29-14-20)13-19-15-30(5)16-22-21-12-18(3)9-10-23(21)31(6)25(19)22/h7-12,14,17,19,24,26,32H,13,15-16,28H2,1-6H3. The number of rotatable bonds is 7. The molecule has 4 atom stereocenters. The minimum atomic E-state index is -1.06. The number of aryl methyl sites for hydroxylation is 2. The summed E-state index contributed by atoms with van der Waals surface area (Å²) in [6, 6.07) is 10.2. The molecule has 0 spiro atoms. The van der Waals surface area contributed by atoms with Crippen LogP contribution in [-0.2, 0) is 23.9 Å². The summed E-state index contributed by atoms with van der Waals surface area (Å²) in [5, 5.41) is 12.2. The lowest BCUT2D eigenvalue weighted by Crippen LogP contribution is -2.46. The van der Waals surface area contributed by atoms with Crippen LogP contribution in [0.1, 0.15) is 55.5 Å². The summed E-state index contributed by atoms with van der Waals surface area (Å²) >= 11 is 0. The quantitative estimate of drug-likeness (QED) is 0.532. The normalized spacial score (nSPS) is 20.6. The molecule has 4 unspecified atom stereocenters. The van der Waals surface area contributed by atoms with Crippen LogP contribution < -0.4 is 5.73 Å². The molecule has 0 aliphatic carbocycles. The van der Waals surface area contributed by atoms with Crippen molar-refractivity contribution in [2.24, 2.45) is 18.7 Å². The highest BCUT2D eigenvalue weighted by Crippen LogP contribution is 2.43. The topological polar surface area (TPSA) is 76.5 Å². The van der Waals surface area contributed by atoms with Gasteiger partial charge in [-0.1, -0.05) is 31.5 Å². The van der Waals surface area contributed by atoms with Crippen molar-refractivity contribution in [1.29, 1.82) is 0 Å². The lowest BCUT2D eigenvalue weighted by Gasteiger charge is -2.40. The predicted octanol–water partition coefficient (Wildman–Crippen LogP) is 4.03. The molecule has 1 aliphatic rings. The highest BCUT2D eigenvalue weighted by atomic mass is 16.6. The van der Waals surface area contributed by atoms with Crippen LogP contribution in [0.2, 0.25) is 0 Å². The molecule has 2 aromatic heterocycles. The minimum absolute atomic E-state index is 0.104. The third kappa shape index (κ3) is 4.58. The Hall–Kier alpha value is -2.25. The van der Waals surface area contributed by atoms with E-state index in [-0.39, 0.29) is 11.8 Å². The first-order chi connectivity index (χ1) is 15.6. The summed E-state index contributed by atoms with van der Waals surface area (Å²) in [4.78, 5) is 6.73. The van der Waals surface area contributed by atoms with Crippen LogP contribution in [0.5, 0.6) is 0 Å². The number of hydrogen-bond acceptors (Lipinski definition) is 5.